The van der Waals surface area contributed by atoms with Crippen LogP contribution in [0.5, 0.6) is 0 Å². The maximum absolute atomic E-state index is 11.3. The Balaban J connectivity index is 3.01. The molecule has 0 aromatic carbocycles. The minimum Gasteiger partial charge on any atom is -0.469 e. The standard InChI is InChI=1S/C9H11ClN2O2/c1-14-9(13)7(5-11)6-3-2-4-12-8(6)10/h2-4,7H,5,11H2,1H3. The molecule has 1 aromatic rings. The molecule has 0 saturated heterocycles. The van der Waals surface area contributed by atoms with Crippen molar-refractivity contribution in [2.75, 3.05) is 13.7 Å². The van der Waals surface area contributed by atoms with Gasteiger partial charge < -0.3 is 10.5 Å². The number of nitrogens with two attached hydrogens (primary N) is 1. The second-order valence-electron chi connectivity index (χ2n) is 2.69. The monoisotopic (exact) mass is 214 g/mol. The van der Waals surface area contributed by atoms with Gasteiger partial charge >= 0.3 is 5.97 Å². The molecule has 0 saturated carbocycles. The maximum Gasteiger partial charge on any atom is 0.314 e. The number of aromatic nitrogens is 1. The zero-order valence-electron chi connectivity index (χ0n) is 7.74. The molecule has 2 N–H and O–H groups in total. The van der Waals surface area contributed by atoms with Gasteiger partial charge in [-0.1, -0.05) is 17.7 Å². The van der Waals surface area contributed by atoms with Crippen LogP contribution in [0.4, 0.5) is 0 Å². The van der Waals surface area contributed by atoms with Crippen LogP contribution in [0, 0.1) is 0 Å². The third-order valence-corrected chi connectivity index (χ3v) is 2.20. The highest BCUT2D eigenvalue weighted by Crippen LogP contribution is 2.22. The van der Waals surface area contributed by atoms with E-state index in [1.807, 2.05) is 0 Å². The average molecular weight is 215 g/mol. The van der Waals surface area contributed by atoms with Gasteiger partial charge in [-0.2, -0.15) is 0 Å². The zero-order valence-corrected chi connectivity index (χ0v) is 8.49. The Morgan fingerprint density at radius 1 is 1.79 bits per heavy atom. The van der Waals surface area contributed by atoms with Crippen LogP contribution in [-0.2, 0) is 9.53 Å². The number of ether oxygens (including phenoxy) is 1. The molecule has 0 aliphatic heterocycles. The van der Waals surface area contributed by atoms with Crippen LogP contribution >= 0.6 is 11.6 Å². The normalized spacial score (nSPS) is 12.2. The SMILES string of the molecule is COC(=O)C(CN)c1cccnc1Cl. The van der Waals surface area contributed by atoms with Crippen LogP contribution in [0.25, 0.3) is 0 Å². The quantitative estimate of drug-likeness (QED) is 0.601. The van der Waals surface area contributed by atoms with Crippen molar-refractivity contribution >= 4 is 17.6 Å². The second kappa shape index (κ2) is 4.93. The van der Waals surface area contributed by atoms with Crippen molar-refractivity contribution in [2.45, 2.75) is 5.92 Å². The molecule has 0 radical (unpaired) electrons. The Morgan fingerprint density at radius 3 is 3.00 bits per heavy atom. The summed E-state index contributed by atoms with van der Waals surface area (Å²) in [6.07, 6.45) is 1.55. The molecule has 0 aliphatic carbocycles. The third-order valence-electron chi connectivity index (χ3n) is 1.88. The Labute approximate surface area is 87.0 Å². The fourth-order valence-corrected chi connectivity index (χ4v) is 1.40. The molecule has 76 valence electrons. The second-order valence-corrected chi connectivity index (χ2v) is 3.05. The fourth-order valence-electron chi connectivity index (χ4n) is 1.15. The molecule has 0 aliphatic rings. The van der Waals surface area contributed by atoms with E-state index < -0.39 is 11.9 Å². The van der Waals surface area contributed by atoms with E-state index in [1.165, 1.54) is 7.11 Å². The molecule has 1 heterocycles. The zero-order chi connectivity index (χ0) is 10.6. The lowest BCUT2D eigenvalue weighted by Gasteiger charge is -2.12. The Kier molecular flexibility index (Phi) is 3.85. The van der Waals surface area contributed by atoms with Crippen molar-refractivity contribution in [3.8, 4) is 0 Å². The predicted molar refractivity (Wildman–Crippen MR) is 53.1 cm³/mol. The first-order valence-electron chi connectivity index (χ1n) is 4.09. The van der Waals surface area contributed by atoms with Crippen molar-refractivity contribution in [1.29, 1.82) is 0 Å². The van der Waals surface area contributed by atoms with Gasteiger partial charge in [-0.05, 0) is 6.07 Å². The molecule has 5 heteroatoms. The fraction of sp³-hybridized carbons (Fsp3) is 0.333. The minimum absolute atomic E-state index is 0.151. The number of hydrogen-bond acceptors (Lipinski definition) is 4. The number of rotatable bonds is 3. The summed E-state index contributed by atoms with van der Waals surface area (Å²) in [6.45, 7) is 0.151. The number of esters is 1. The highest BCUT2D eigenvalue weighted by molar-refractivity contribution is 6.30. The van der Waals surface area contributed by atoms with Crippen molar-refractivity contribution in [2.24, 2.45) is 5.73 Å². The molecular formula is C9H11ClN2O2. The highest BCUT2D eigenvalue weighted by Gasteiger charge is 2.22. The van der Waals surface area contributed by atoms with Gasteiger partial charge in [-0.25, -0.2) is 4.98 Å². The van der Waals surface area contributed by atoms with E-state index in [4.69, 9.17) is 17.3 Å². The van der Waals surface area contributed by atoms with Gasteiger partial charge in [-0.15, -0.1) is 0 Å². The molecule has 4 nitrogen and oxygen atoms in total. The highest BCUT2D eigenvalue weighted by atomic mass is 35.5. The number of nitrogens with zero attached hydrogens (tertiary/aromatic N) is 1. The molecule has 1 aromatic heterocycles. The number of hydrogen-bond donors (Lipinski definition) is 1. The molecule has 1 atom stereocenters. The molecule has 1 unspecified atom stereocenters. The van der Waals surface area contributed by atoms with E-state index in [0.29, 0.717) is 5.56 Å². The first-order chi connectivity index (χ1) is 6.70. The van der Waals surface area contributed by atoms with E-state index in [0.717, 1.165) is 0 Å². The van der Waals surface area contributed by atoms with Gasteiger partial charge in [0, 0.05) is 18.3 Å². The van der Waals surface area contributed by atoms with E-state index in [2.05, 4.69) is 9.72 Å². The van der Waals surface area contributed by atoms with Crippen molar-refractivity contribution in [1.82, 2.24) is 4.98 Å². The first kappa shape index (κ1) is 10.9. The molecule has 1 rings (SSSR count). The van der Waals surface area contributed by atoms with Gasteiger partial charge in [0.25, 0.3) is 0 Å². The summed E-state index contributed by atoms with van der Waals surface area (Å²) in [5.74, 6) is -0.941. The van der Waals surface area contributed by atoms with E-state index in [-0.39, 0.29) is 11.7 Å². The predicted octanol–water partition coefficient (Wildman–Crippen LogP) is 0.950. The van der Waals surface area contributed by atoms with Crippen molar-refractivity contribution in [3.63, 3.8) is 0 Å². The summed E-state index contributed by atoms with van der Waals surface area (Å²) >= 11 is 5.82. The minimum atomic E-state index is -0.541. The summed E-state index contributed by atoms with van der Waals surface area (Å²) in [7, 11) is 1.31. The molecule has 0 spiro atoms. The Bertz CT molecular complexity index is 330. The third kappa shape index (κ3) is 2.21. The molecule has 0 bridgehead atoms. The lowest BCUT2D eigenvalue weighted by Crippen LogP contribution is -2.23. The van der Waals surface area contributed by atoms with E-state index >= 15 is 0 Å². The van der Waals surface area contributed by atoms with Crippen LogP contribution < -0.4 is 5.73 Å². The topological polar surface area (TPSA) is 65.2 Å². The first-order valence-corrected chi connectivity index (χ1v) is 4.46. The summed E-state index contributed by atoms with van der Waals surface area (Å²) < 4.78 is 4.61. The number of halogens is 1. The van der Waals surface area contributed by atoms with E-state index in [9.17, 15) is 4.79 Å². The summed E-state index contributed by atoms with van der Waals surface area (Å²) in [4.78, 5) is 15.2. The summed E-state index contributed by atoms with van der Waals surface area (Å²) in [5, 5.41) is 0.286. The number of pyridine rings is 1. The molecule has 0 fully saturated rings. The van der Waals surface area contributed by atoms with Crippen LogP contribution in [0.1, 0.15) is 11.5 Å². The van der Waals surface area contributed by atoms with Crippen molar-refractivity contribution in [3.05, 3.63) is 29.0 Å². The van der Waals surface area contributed by atoms with Crippen molar-refractivity contribution < 1.29 is 9.53 Å². The van der Waals surface area contributed by atoms with Gasteiger partial charge in [0.05, 0.1) is 13.0 Å². The Hall–Kier alpha value is -1.13. The van der Waals surface area contributed by atoms with E-state index in [1.54, 1.807) is 18.3 Å². The Morgan fingerprint density at radius 2 is 2.50 bits per heavy atom. The average Bonchev–Trinajstić information content (AvgIpc) is 2.21. The smallest absolute Gasteiger partial charge is 0.314 e. The van der Waals surface area contributed by atoms with Gasteiger partial charge in [-0.3, -0.25) is 4.79 Å². The van der Waals surface area contributed by atoms with Crippen LogP contribution in [-0.4, -0.2) is 24.6 Å². The van der Waals surface area contributed by atoms with Gasteiger partial charge in [0.1, 0.15) is 5.15 Å². The lowest BCUT2D eigenvalue weighted by molar-refractivity contribution is -0.142. The summed E-state index contributed by atoms with van der Waals surface area (Å²) in [5.41, 5.74) is 6.06. The largest absolute Gasteiger partial charge is 0.469 e. The van der Waals surface area contributed by atoms with Crippen LogP contribution in [0.3, 0.4) is 0 Å². The lowest BCUT2D eigenvalue weighted by atomic mass is 10.0. The molecular weight excluding hydrogens is 204 g/mol. The van der Waals surface area contributed by atoms with Gasteiger partial charge in [0.15, 0.2) is 0 Å². The number of methoxy groups -OCH3 is 1. The van der Waals surface area contributed by atoms with Crippen LogP contribution in [0.2, 0.25) is 5.15 Å². The summed E-state index contributed by atoms with van der Waals surface area (Å²) in [6, 6.07) is 3.41. The van der Waals surface area contributed by atoms with Crippen LogP contribution in [0.15, 0.2) is 18.3 Å². The number of carbonyl (C=O) groups excluding carboxylic acids is 1. The maximum atomic E-state index is 11.3. The van der Waals surface area contributed by atoms with Gasteiger partial charge in [0.2, 0.25) is 0 Å². The number of carbonyl (C=O) groups is 1. The molecule has 0 amide bonds. The molecule has 14 heavy (non-hydrogen) atoms.